The van der Waals surface area contributed by atoms with Crippen molar-refractivity contribution in [2.75, 3.05) is 33.4 Å². The Bertz CT molecular complexity index is 238. The predicted octanol–water partition coefficient (Wildman–Crippen LogP) is -0.384. The molecule has 18 heavy (non-hydrogen) atoms. The Balaban J connectivity index is 1.98. The molecule has 6 heteroatoms. The summed E-state index contributed by atoms with van der Waals surface area (Å²) in [6.07, 6.45) is 1.83. The van der Waals surface area contributed by atoms with Crippen LogP contribution in [0.15, 0.2) is 0 Å². The van der Waals surface area contributed by atoms with Crippen molar-refractivity contribution in [1.82, 2.24) is 10.6 Å². The standard InChI is InChI=1S/C12H24N2O4/c1-13-6-2-5-11(16)14-7-9-18-12-10(15)4-3-8-17-12/h10,12-13,15H,2-9H2,1H3,(H,14,16). The third-order valence-electron chi connectivity index (χ3n) is 2.78. The minimum Gasteiger partial charge on any atom is -0.388 e. The maximum absolute atomic E-state index is 11.4. The molecule has 1 aliphatic heterocycles. The largest absolute Gasteiger partial charge is 0.388 e. The average Bonchev–Trinajstić information content (AvgIpc) is 2.37. The number of ether oxygens (including phenoxy) is 2. The van der Waals surface area contributed by atoms with Crippen LogP contribution in [-0.2, 0) is 14.3 Å². The molecule has 1 aliphatic rings. The molecule has 0 saturated carbocycles. The SMILES string of the molecule is CNCCCC(=O)NCCOC1OCCCC1O. The number of amides is 1. The number of hydrogen-bond acceptors (Lipinski definition) is 5. The molecule has 2 atom stereocenters. The molecule has 0 aromatic carbocycles. The summed E-state index contributed by atoms with van der Waals surface area (Å²) in [6, 6.07) is 0. The first kappa shape index (κ1) is 15.4. The van der Waals surface area contributed by atoms with E-state index in [1.165, 1.54) is 0 Å². The van der Waals surface area contributed by atoms with Crippen LogP contribution in [0.2, 0.25) is 0 Å². The Hall–Kier alpha value is -0.690. The zero-order chi connectivity index (χ0) is 13.2. The van der Waals surface area contributed by atoms with Crippen LogP contribution in [0.1, 0.15) is 25.7 Å². The Morgan fingerprint density at radius 2 is 2.33 bits per heavy atom. The molecule has 6 nitrogen and oxygen atoms in total. The number of aliphatic hydroxyl groups excluding tert-OH is 1. The Labute approximate surface area is 108 Å². The van der Waals surface area contributed by atoms with Gasteiger partial charge in [-0.15, -0.1) is 0 Å². The van der Waals surface area contributed by atoms with Gasteiger partial charge in [0.1, 0.15) is 6.10 Å². The van der Waals surface area contributed by atoms with Crippen LogP contribution in [0.5, 0.6) is 0 Å². The van der Waals surface area contributed by atoms with Gasteiger partial charge in [-0.2, -0.15) is 0 Å². The van der Waals surface area contributed by atoms with Gasteiger partial charge >= 0.3 is 0 Å². The normalized spacial score (nSPS) is 23.9. The van der Waals surface area contributed by atoms with Crippen molar-refractivity contribution in [2.24, 2.45) is 0 Å². The van der Waals surface area contributed by atoms with Gasteiger partial charge in [0, 0.05) is 19.6 Å². The predicted molar refractivity (Wildman–Crippen MR) is 67.1 cm³/mol. The summed E-state index contributed by atoms with van der Waals surface area (Å²) in [7, 11) is 1.86. The topological polar surface area (TPSA) is 79.8 Å². The van der Waals surface area contributed by atoms with E-state index >= 15 is 0 Å². The molecule has 0 bridgehead atoms. The van der Waals surface area contributed by atoms with Gasteiger partial charge in [0.25, 0.3) is 0 Å². The van der Waals surface area contributed by atoms with Gasteiger partial charge < -0.3 is 25.2 Å². The van der Waals surface area contributed by atoms with Crippen molar-refractivity contribution in [1.29, 1.82) is 0 Å². The highest BCUT2D eigenvalue weighted by Gasteiger charge is 2.24. The van der Waals surface area contributed by atoms with Gasteiger partial charge in [0.05, 0.1) is 6.61 Å². The lowest BCUT2D eigenvalue weighted by Crippen LogP contribution is -2.38. The second kappa shape index (κ2) is 9.27. The molecule has 0 aliphatic carbocycles. The lowest BCUT2D eigenvalue weighted by Gasteiger charge is -2.27. The Morgan fingerprint density at radius 1 is 1.50 bits per heavy atom. The molecule has 1 saturated heterocycles. The van der Waals surface area contributed by atoms with Crippen molar-refractivity contribution in [2.45, 2.75) is 38.1 Å². The quantitative estimate of drug-likeness (QED) is 0.518. The number of carbonyl (C=O) groups is 1. The fourth-order valence-corrected chi connectivity index (χ4v) is 1.78. The zero-order valence-corrected chi connectivity index (χ0v) is 11.0. The van der Waals surface area contributed by atoms with E-state index in [1.807, 2.05) is 7.05 Å². The third kappa shape index (κ3) is 6.30. The van der Waals surface area contributed by atoms with Crippen LogP contribution < -0.4 is 10.6 Å². The van der Waals surface area contributed by atoms with E-state index in [9.17, 15) is 9.90 Å². The summed E-state index contributed by atoms with van der Waals surface area (Å²) in [5.41, 5.74) is 0. The highest BCUT2D eigenvalue weighted by molar-refractivity contribution is 5.75. The Morgan fingerprint density at radius 3 is 3.06 bits per heavy atom. The molecule has 3 N–H and O–H groups in total. The molecule has 2 unspecified atom stereocenters. The second-order valence-corrected chi connectivity index (χ2v) is 4.38. The van der Waals surface area contributed by atoms with Crippen LogP contribution in [0.4, 0.5) is 0 Å². The lowest BCUT2D eigenvalue weighted by molar-refractivity contribution is -0.213. The first-order chi connectivity index (χ1) is 8.74. The highest BCUT2D eigenvalue weighted by atomic mass is 16.7. The molecule has 1 rings (SSSR count). The molecular formula is C12H24N2O4. The van der Waals surface area contributed by atoms with Crippen LogP contribution >= 0.6 is 0 Å². The molecule has 1 amide bonds. The summed E-state index contributed by atoms with van der Waals surface area (Å²) >= 11 is 0. The molecule has 0 aromatic heterocycles. The van der Waals surface area contributed by atoms with E-state index in [-0.39, 0.29) is 5.91 Å². The van der Waals surface area contributed by atoms with E-state index in [4.69, 9.17) is 9.47 Å². The highest BCUT2D eigenvalue weighted by Crippen LogP contribution is 2.14. The van der Waals surface area contributed by atoms with Gasteiger partial charge in [-0.3, -0.25) is 4.79 Å². The summed E-state index contributed by atoms with van der Waals surface area (Å²) in [5.74, 6) is 0.0268. The monoisotopic (exact) mass is 260 g/mol. The first-order valence-electron chi connectivity index (χ1n) is 6.56. The fraction of sp³-hybridized carbons (Fsp3) is 0.917. The molecule has 106 valence electrons. The van der Waals surface area contributed by atoms with E-state index in [1.54, 1.807) is 0 Å². The second-order valence-electron chi connectivity index (χ2n) is 4.38. The molecule has 0 radical (unpaired) electrons. The zero-order valence-electron chi connectivity index (χ0n) is 11.0. The average molecular weight is 260 g/mol. The van der Waals surface area contributed by atoms with E-state index in [2.05, 4.69) is 10.6 Å². The number of nitrogens with one attached hydrogen (secondary N) is 2. The van der Waals surface area contributed by atoms with Crippen LogP contribution in [-0.4, -0.2) is 56.8 Å². The van der Waals surface area contributed by atoms with Crippen molar-refractivity contribution >= 4 is 5.91 Å². The van der Waals surface area contributed by atoms with E-state index in [0.717, 1.165) is 19.4 Å². The van der Waals surface area contributed by atoms with Crippen LogP contribution in [0.25, 0.3) is 0 Å². The van der Waals surface area contributed by atoms with Crippen molar-refractivity contribution in [3.8, 4) is 0 Å². The van der Waals surface area contributed by atoms with Gasteiger partial charge in [-0.25, -0.2) is 0 Å². The maximum Gasteiger partial charge on any atom is 0.220 e. The minimum atomic E-state index is -0.551. The maximum atomic E-state index is 11.4. The summed E-state index contributed by atoms with van der Waals surface area (Å²) in [5, 5.41) is 15.3. The fourth-order valence-electron chi connectivity index (χ4n) is 1.78. The van der Waals surface area contributed by atoms with E-state index in [0.29, 0.717) is 32.6 Å². The summed E-state index contributed by atoms with van der Waals surface area (Å²) < 4.78 is 10.7. The van der Waals surface area contributed by atoms with Gasteiger partial charge in [-0.05, 0) is 32.9 Å². The van der Waals surface area contributed by atoms with Gasteiger partial charge in [-0.1, -0.05) is 0 Å². The number of aliphatic hydroxyl groups is 1. The molecular weight excluding hydrogens is 236 g/mol. The van der Waals surface area contributed by atoms with Crippen molar-refractivity contribution < 1.29 is 19.4 Å². The summed E-state index contributed by atoms with van der Waals surface area (Å²) in [6.45, 7) is 2.27. The van der Waals surface area contributed by atoms with Crippen molar-refractivity contribution in [3.63, 3.8) is 0 Å². The minimum absolute atomic E-state index is 0.0268. The third-order valence-corrected chi connectivity index (χ3v) is 2.78. The first-order valence-corrected chi connectivity index (χ1v) is 6.56. The number of hydrogen-bond donors (Lipinski definition) is 3. The molecule has 1 heterocycles. The van der Waals surface area contributed by atoms with Gasteiger partial charge in [0.15, 0.2) is 6.29 Å². The van der Waals surface area contributed by atoms with Crippen LogP contribution in [0, 0.1) is 0 Å². The van der Waals surface area contributed by atoms with Crippen LogP contribution in [0.3, 0.4) is 0 Å². The van der Waals surface area contributed by atoms with Gasteiger partial charge in [0.2, 0.25) is 5.91 Å². The Kier molecular flexibility index (Phi) is 7.91. The van der Waals surface area contributed by atoms with Crippen molar-refractivity contribution in [3.05, 3.63) is 0 Å². The smallest absolute Gasteiger partial charge is 0.220 e. The molecule has 0 spiro atoms. The lowest BCUT2D eigenvalue weighted by atomic mass is 10.1. The molecule has 1 fully saturated rings. The number of rotatable bonds is 8. The van der Waals surface area contributed by atoms with E-state index < -0.39 is 12.4 Å². The summed E-state index contributed by atoms with van der Waals surface area (Å²) in [4.78, 5) is 11.4. The number of carbonyl (C=O) groups excluding carboxylic acids is 1. The molecule has 0 aromatic rings.